The number of hydrogen-bond acceptors (Lipinski definition) is 2. The fourth-order valence-electron chi connectivity index (χ4n) is 2.79. The Labute approximate surface area is 93.0 Å². The van der Waals surface area contributed by atoms with E-state index in [4.69, 9.17) is 0 Å². The van der Waals surface area contributed by atoms with Crippen LogP contribution in [0.5, 0.6) is 0 Å². The van der Waals surface area contributed by atoms with Gasteiger partial charge < -0.3 is 10.0 Å². The van der Waals surface area contributed by atoms with Crippen molar-refractivity contribution in [1.82, 2.24) is 4.90 Å². The van der Waals surface area contributed by atoms with Crippen LogP contribution in [0.25, 0.3) is 0 Å². The third-order valence-electron chi connectivity index (χ3n) is 4.33. The van der Waals surface area contributed by atoms with Crippen LogP contribution in [0.4, 0.5) is 0 Å². The van der Waals surface area contributed by atoms with E-state index in [1.807, 2.05) is 0 Å². The van der Waals surface area contributed by atoms with Crippen molar-refractivity contribution in [1.29, 1.82) is 0 Å². The second-order valence-corrected chi connectivity index (χ2v) is 5.54. The molecule has 0 amide bonds. The maximum absolute atomic E-state index is 9.68. The number of likely N-dealkylation sites (tertiary alicyclic amines) is 1. The van der Waals surface area contributed by atoms with Gasteiger partial charge in [-0.2, -0.15) is 0 Å². The van der Waals surface area contributed by atoms with Crippen LogP contribution in [0.2, 0.25) is 0 Å². The second kappa shape index (κ2) is 4.17. The summed E-state index contributed by atoms with van der Waals surface area (Å²) in [4.78, 5) is 2.51. The summed E-state index contributed by atoms with van der Waals surface area (Å²) < 4.78 is 0. The topological polar surface area (TPSA) is 23.5 Å². The lowest BCUT2D eigenvalue weighted by molar-refractivity contribution is 0.0458. The van der Waals surface area contributed by atoms with Crippen LogP contribution in [-0.2, 0) is 0 Å². The Morgan fingerprint density at radius 1 is 1.40 bits per heavy atom. The summed E-state index contributed by atoms with van der Waals surface area (Å²) in [5.41, 5.74) is 0.0561. The van der Waals surface area contributed by atoms with Gasteiger partial charge in [0.2, 0.25) is 0 Å². The minimum atomic E-state index is 0.0561. The van der Waals surface area contributed by atoms with Gasteiger partial charge in [-0.25, -0.2) is 0 Å². The van der Waals surface area contributed by atoms with E-state index in [1.54, 1.807) is 0 Å². The molecule has 1 N–H and O–H groups in total. The quantitative estimate of drug-likeness (QED) is 0.722. The summed E-state index contributed by atoms with van der Waals surface area (Å²) in [7, 11) is 0. The molecule has 2 heteroatoms. The van der Waals surface area contributed by atoms with Crippen molar-refractivity contribution in [2.45, 2.75) is 39.0 Å². The maximum Gasteiger partial charge on any atom is 0.0925 e. The zero-order valence-corrected chi connectivity index (χ0v) is 9.84. The lowest BCUT2D eigenvalue weighted by Gasteiger charge is -2.45. The summed E-state index contributed by atoms with van der Waals surface area (Å²) in [6, 6.07) is 0. The Morgan fingerprint density at radius 3 is 2.40 bits per heavy atom. The summed E-state index contributed by atoms with van der Waals surface area (Å²) in [5.74, 6) is 1.31. The van der Waals surface area contributed by atoms with Gasteiger partial charge in [0.1, 0.15) is 0 Å². The number of aliphatic hydroxyl groups is 1. The standard InChI is InChI=1S/C13H23NO/c1-11-4-8-14(9-5-11)10-13(12(2)15)6-3-7-13/h11,15H,2-10H2,1H3. The summed E-state index contributed by atoms with van der Waals surface area (Å²) >= 11 is 0. The predicted octanol–water partition coefficient (Wildman–Crippen LogP) is 2.96. The van der Waals surface area contributed by atoms with E-state index in [1.165, 1.54) is 32.4 Å². The molecule has 0 aromatic heterocycles. The molecule has 1 saturated carbocycles. The van der Waals surface area contributed by atoms with Gasteiger partial charge in [0, 0.05) is 12.0 Å². The molecule has 2 nitrogen and oxygen atoms in total. The van der Waals surface area contributed by atoms with Crippen LogP contribution in [0, 0.1) is 11.3 Å². The summed E-state index contributed by atoms with van der Waals surface area (Å²) in [6.07, 6.45) is 6.15. The zero-order valence-electron chi connectivity index (χ0n) is 9.84. The molecular formula is C13H23NO. The summed E-state index contributed by atoms with van der Waals surface area (Å²) in [6.45, 7) is 9.54. The van der Waals surface area contributed by atoms with E-state index < -0.39 is 0 Å². The number of rotatable bonds is 3. The van der Waals surface area contributed by atoms with Crippen molar-refractivity contribution in [2.24, 2.45) is 11.3 Å². The molecule has 0 unspecified atom stereocenters. The lowest BCUT2D eigenvalue weighted by Crippen LogP contribution is -2.46. The summed E-state index contributed by atoms with van der Waals surface area (Å²) in [5, 5.41) is 9.68. The minimum Gasteiger partial charge on any atom is -0.512 e. The van der Waals surface area contributed by atoms with Crippen molar-refractivity contribution in [3.05, 3.63) is 12.3 Å². The average Bonchev–Trinajstić information content (AvgIpc) is 2.13. The third kappa shape index (κ3) is 2.20. The Morgan fingerprint density at radius 2 is 2.00 bits per heavy atom. The van der Waals surface area contributed by atoms with E-state index in [2.05, 4.69) is 18.4 Å². The molecule has 2 rings (SSSR count). The minimum absolute atomic E-state index is 0.0561. The SMILES string of the molecule is C=C(O)C1(CN2CCC(C)CC2)CCC1. The molecule has 1 saturated heterocycles. The van der Waals surface area contributed by atoms with Crippen molar-refractivity contribution in [3.8, 4) is 0 Å². The largest absolute Gasteiger partial charge is 0.512 e. The lowest BCUT2D eigenvalue weighted by atomic mass is 9.67. The molecule has 0 atom stereocenters. The van der Waals surface area contributed by atoms with Crippen LogP contribution < -0.4 is 0 Å². The monoisotopic (exact) mass is 209 g/mol. The van der Waals surface area contributed by atoms with Crippen LogP contribution in [0.1, 0.15) is 39.0 Å². The molecule has 0 radical (unpaired) electrons. The molecule has 0 aromatic carbocycles. The highest BCUT2D eigenvalue weighted by Gasteiger charge is 2.41. The molecule has 1 aliphatic heterocycles. The predicted molar refractivity (Wildman–Crippen MR) is 62.9 cm³/mol. The zero-order chi connectivity index (χ0) is 10.9. The number of nitrogens with zero attached hydrogens (tertiary/aromatic N) is 1. The molecule has 0 aromatic rings. The van der Waals surface area contributed by atoms with Crippen LogP contribution >= 0.6 is 0 Å². The molecule has 1 aliphatic carbocycles. The average molecular weight is 209 g/mol. The van der Waals surface area contributed by atoms with Gasteiger partial charge in [-0.3, -0.25) is 0 Å². The van der Waals surface area contributed by atoms with Gasteiger partial charge in [0.05, 0.1) is 5.76 Å². The number of hydrogen-bond donors (Lipinski definition) is 1. The molecule has 2 aliphatic rings. The van der Waals surface area contributed by atoms with Gasteiger partial charge in [-0.05, 0) is 44.7 Å². The molecule has 15 heavy (non-hydrogen) atoms. The highest BCUT2D eigenvalue weighted by Crippen LogP contribution is 2.46. The van der Waals surface area contributed by atoms with E-state index in [0.717, 1.165) is 25.3 Å². The van der Waals surface area contributed by atoms with Crippen LogP contribution in [0.15, 0.2) is 12.3 Å². The van der Waals surface area contributed by atoms with Crippen molar-refractivity contribution < 1.29 is 5.11 Å². The van der Waals surface area contributed by atoms with Crippen molar-refractivity contribution in [3.63, 3.8) is 0 Å². The normalized spacial score (nSPS) is 27.3. The highest BCUT2D eigenvalue weighted by molar-refractivity contribution is 5.08. The van der Waals surface area contributed by atoms with E-state index >= 15 is 0 Å². The fraction of sp³-hybridized carbons (Fsp3) is 0.846. The van der Waals surface area contributed by atoms with Crippen LogP contribution in [0.3, 0.4) is 0 Å². The Hall–Kier alpha value is -0.500. The molecular weight excluding hydrogens is 186 g/mol. The van der Waals surface area contributed by atoms with Gasteiger partial charge in [0.15, 0.2) is 0 Å². The van der Waals surface area contributed by atoms with Gasteiger partial charge in [-0.15, -0.1) is 0 Å². The number of aliphatic hydroxyl groups excluding tert-OH is 1. The van der Waals surface area contributed by atoms with E-state index in [-0.39, 0.29) is 5.41 Å². The van der Waals surface area contributed by atoms with Gasteiger partial charge in [-0.1, -0.05) is 19.9 Å². The smallest absolute Gasteiger partial charge is 0.0925 e. The first-order valence-corrected chi connectivity index (χ1v) is 6.23. The number of piperidine rings is 1. The molecule has 86 valence electrons. The molecule has 0 bridgehead atoms. The first kappa shape index (κ1) is 11.0. The van der Waals surface area contributed by atoms with E-state index in [9.17, 15) is 5.11 Å². The maximum atomic E-state index is 9.68. The van der Waals surface area contributed by atoms with Gasteiger partial charge >= 0.3 is 0 Å². The fourth-order valence-corrected chi connectivity index (χ4v) is 2.79. The van der Waals surface area contributed by atoms with Crippen molar-refractivity contribution >= 4 is 0 Å². The first-order valence-electron chi connectivity index (χ1n) is 6.23. The molecule has 2 fully saturated rings. The Kier molecular flexibility index (Phi) is 3.06. The van der Waals surface area contributed by atoms with Gasteiger partial charge in [0.25, 0.3) is 0 Å². The van der Waals surface area contributed by atoms with Crippen LogP contribution in [-0.4, -0.2) is 29.6 Å². The highest BCUT2D eigenvalue weighted by atomic mass is 16.3. The third-order valence-corrected chi connectivity index (χ3v) is 4.33. The Bertz CT molecular complexity index is 237. The first-order chi connectivity index (χ1) is 7.12. The second-order valence-electron chi connectivity index (χ2n) is 5.54. The molecule has 1 heterocycles. The molecule has 0 spiro atoms. The Balaban J connectivity index is 1.88. The van der Waals surface area contributed by atoms with Crippen molar-refractivity contribution in [2.75, 3.05) is 19.6 Å². The van der Waals surface area contributed by atoms with E-state index in [0.29, 0.717) is 5.76 Å².